The number of aryl methyl sites for hydroxylation is 2. The molecule has 0 bridgehead atoms. The minimum atomic E-state index is -0.219. The van der Waals surface area contributed by atoms with Crippen LogP contribution in [0, 0.1) is 19.3 Å². The van der Waals surface area contributed by atoms with Crippen LogP contribution in [0.2, 0.25) is 0 Å². The van der Waals surface area contributed by atoms with E-state index in [-0.39, 0.29) is 11.2 Å². The zero-order chi connectivity index (χ0) is 14.0. The number of hydrogen-bond acceptors (Lipinski definition) is 3. The summed E-state index contributed by atoms with van der Waals surface area (Å²) < 4.78 is 5.40. The fraction of sp³-hybridized carbons (Fsp3) is 0.562. The van der Waals surface area contributed by atoms with E-state index in [1.165, 1.54) is 0 Å². The van der Waals surface area contributed by atoms with Crippen LogP contribution < -0.4 is 10.1 Å². The lowest BCUT2D eigenvalue weighted by Gasteiger charge is -2.40. The minimum Gasteiger partial charge on any atom is -0.496 e. The zero-order valence-electron chi connectivity index (χ0n) is 12.3. The van der Waals surface area contributed by atoms with E-state index < -0.39 is 0 Å². The van der Waals surface area contributed by atoms with Gasteiger partial charge in [-0.3, -0.25) is 4.79 Å². The quantitative estimate of drug-likeness (QED) is 0.828. The first kappa shape index (κ1) is 14.1. The fourth-order valence-electron chi connectivity index (χ4n) is 2.85. The number of methoxy groups -OCH3 is 1. The van der Waals surface area contributed by atoms with Crippen molar-refractivity contribution in [3.05, 3.63) is 28.8 Å². The molecule has 0 radical (unpaired) electrons. The van der Waals surface area contributed by atoms with Gasteiger partial charge in [0.05, 0.1) is 12.7 Å². The van der Waals surface area contributed by atoms with Crippen molar-refractivity contribution >= 4 is 5.78 Å². The molecule has 3 nitrogen and oxygen atoms in total. The van der Waals surface area contributed by atoms with Crippen LogP contribution in [0.3, 0.4) is 0 Å². The molecule has 0 heterocycles. The number of ether oxygens (including phenoxy) is 1. The standard InChI is InChI=1S/C16H23NO2/c1-11-8-13(14(19-4)9-12(11)2)15(18)16(10-17-3)6-5-7-16/h8-9,17H,5-7,10H2,1-4H3. The van der Waals surface area contributed by atoms with Crippen molar-refractivity contribution in [1.82, 2.24) is 5.32 Å². The van der Waals surface area contributed by atoms with Crippen LogP contribution in [0.15, 0.2) is 12.1 Å². The van der Waals surface area contributed by atoms with Crippen molar-refractivity contribution in [3.8, 4) is 5.75 Å². The van der Waals surface area contributed by atoms with Gasteiger partial charge in [-0.05, 0) is 57.0 Å². The number of rotatable bonds is 5. The van der Waals surface area contributed by atoms with Crippen LogP contribution in [0.1, 0.15) is 40.7 Å². The van der Waals surface area contributed by atoms with E-state index in [1.54, 1.807) is 7.11 Å². The van der Waals surface area contributed by atoms with Gasteiger partial charge in [0.1, 0.15) is 5.75 Å². The van der Waals surface area contributed by atoms with Gasteiger partial charge in [0.25, 0.3) is 0 Å². The van der Waals surface area contributed by atoms with Crippen molar-refractivity contribution in [2.24, 2.45) is 5.41 Å². The first-order valence-electron chi connectivity index (χ1n) is 6.89. The number of benzene rings is 1. The number of Topliss-reactive ketones (excluding diaryl/α,β-unsaturated/α-hetero) is 1. The molecule has 1 N–H and O–H groups in total. The molecular formula is C16H23NO2. The Morgan fingerprint density at radius 1 is 1.32 bits per heavy atom. The number of hydrogen-bond donors (Lipinski definition) is 1. The van der Waals surface area contributed by atoms with E-state index in [1.807, 2.05) is 33.0 Å². The molecule has 19 heavy (non-hydrogen) atoms. The van der Waals surface area contributed by atoms with Gasteiger partial charge in [-0.1, -0.05) is 6.42 Å². The van der Waals surface area contributed by atoms with Crippen molar-refractivity contribution in [2.45, 2.75) is 33.1 Å². The minimum absolute atomic E-state index is 0.219. The van der Waals surface area contributed by atoms with Crippen molar-refractivity contribution in [2.75, 3.05) is 20.7 Å². The summed E-state index contributed by atoms with van der Waals surface area (Å²) >= 11 is 0. The van der Waals surface area contributed by atoms with E-state index in [0.29, 0.717) is 5.75 Å². The summed E-state index contributed by atoms with van der Waals surface area (Å²) in [7, 11) is 3.54. The summed E-state index contributed by atoms with van der Waals surface area (Å²) in [6, 6.07) is 3.94. The highest BCUT2D eigenvalue weighted by Gasteiger charge is 2.44. The normalized spacial score (nSPS) is 16.8. The summed E-state index contributed by atoms with van der Waals surface area (Å²) in [5, 5.41) is 3.16. The molecule has 3 heteroatoms. The number of nitrogens with one attached hydrogen (secondary N) is 1. The largest absolute Gasteiger partial charge is 0.496 e. The average Bonchev–Trinajstić information content (AvgIpc) is 2.35. The Bertz CT molecular complexity index is 490. The van der Waals surface area contributed by atoms with Crippen molar-refractivity contribution in [3.63, 3.8) is 0 Å². The highest BCUT2D eigenvalue weighted by molar-refractivity contribution is 6.03. The molecule has 1 aliphatic carbocycles. The van der Waals surface area contributed by atoms with Crippen molar-refractivity contribution < 1.29 is 9.53 Å². The maximum Gasteiger partial charge on any atom is 0.174 e. The van der Waals surface area contributed by atoms with Gasteiger partial charge in [-0.25, -0.2) is 0 Å². The number of carbonyl (C=O) groups is 1. The third kappa shape index (κ3) is 2.39. The van der Waals surface area contributed by atoms with Gasteiger partial charge in [0.2, 0.25) is 0 Å². The summed E-state index contributed by atoms with van der Waals surface area (Å²) in [4.78, 5) is 12.9. The first-order chi connectivity index (χ1) is 9.04. The Labute approximate surface area is 115 Å². The SMILES string of the molecule is CNCC1(C(=O)c2cc(C)c(C)cc2OC)CCC1. The van der Waals surface area contributed by atoms with Gasteiger partial charge in [0, 0.05) is 12.0 Å². The van der Waals surface area contributed by atoms with Crippen LogP contribution in [-0.4, -0.2) is 26.5 Å². The predicted molar refractivity (Wildman–Crippen MR) is 77.0 cm³/mol. The van der Waals surface area contributed by atoms with Gasteiger partial charge < -0.3 is 10.1 Å². The molecule has 0 saturated heterocycles. The van der Waals surface area contributed by atoms with E-state index >= 15 is 0 Å². The lowest BCUT2D eigenvalue weighted by Crippen LogP contribution is -2.45. The smallest absolute Gasteiger partial charge is 0.174 e. The zero-order valence-corrected chi connectivity index (χ0v) is 12.3. The van der Waals surface area contributed by atoms with Gasteiger partial charge >= 0.3 is 0 Å². The Kier molecular flexibility index (Phi) is 3.95. The highest BCUT2D eigenvalue weighted by Crippen LogP contribution is 2.44. The average molecular weight is 261 g/mol. The predicted octanol–water partition coefficient (Wildman–Crippen LogP) is 2.88. The highest BCUT2D eigenvalue weighted by atomic mass is 16.5. The fourth-order valence-corrected chi connectivity index (χ4v) is 2.85. The van der Waals surface area contributed by atoms with E-state index in [0.717, 1.165) is 42.5 Å². The monoisotopic (exact) mass is 261 g/mol. The second-order valence-corrected chi connectivity index (χ2v) is 5.63. The molecule has 2 rings (SSSR count). The number of carbonyl (C=O) groups excluding carboxylic acids is 1. The van der Waals surface area contributed by atoms with Crippen molar-refractivity contribution in [1.29, 1.82) is 0 Å². The van der Waals surface area contributed by atoms with Crippen LogP contribution in [0.25, 0.3) is 0 Å². The van der Waals surface area contributed by atoms with E-state index in [4.69, 9.17) is 4.74 Å². The Hall–Kier alpha value is -1.35. The number of ketones is 1. The molecule has 0 spiro atoms. The lowest BCUT2D eigenvalue weighted by atomic mass is 9.64. The second kappa shape index (κ2) is 5.33. The molecule has 0 amide bonds. The summed E-state index contributed by atoms with van der Waals surface area (Å²) in [5.41, 5.74) is 2.82. The molecule has 0 aliphatic heterocycles. The third-order valence-corrected chi connectivity index (χ3v) is 4.37. The molecule has 0 atom stereocenters. The second-order valence-electron chi connectivity index (χ2n) is 5.63. The molecule has 1 aromatic carbocycles. The van der Waals surface area contributed by atoms with Crippen LogP contribution in [-0.2, 0) is 0 Å². The molecule has 1 aromatic rings. The maximum atomic E-state index is 12.9. The maximum absolute atomic E-state index is 12.9. The molecule has 1 aliphatic rings. The Balaban J connectivity index is 2.40. The Morgan fingerprint density at radius 2 is 1.95 bits per heavy atom. The molecular weight excluding hydrogens is 238 g/mol. The van der Waals surface area contributed by atoms with E-state index in [2.05, 4.69) is 5.32 Å². The van der Waals surface area contributed by atoms with Crippen LogP contribution in [0.5, 0.6) is 5.75 Å². The lowest BCUT2D eigenvalue weighted by molar-refractivity contribution is 0.0611. The molecule has 1 fully saturated rings. The molecule has 0 aromatic heterocycles. The van der Waals surface area contributed by atoms with E-state index in [9.17, 15) is 4.79 Å². The van der Waals surface area contributed by atoms with Crippen LogP contribution >= 0.6 is 0 Å². The molecule has 0 unspecified atom stereocenters. The topological polar surface area (TPSA) is 38.3 Å². The Morgan fingerprint density at radius 3 is 2.42 bits per heavy atom. The summed E-state index contributed by atoms with van der Waals surface area (Å²) in [5.74, 6) is 0.934. The molecule has 1 saturated carbocycles. The van der Waals surface area contributed by atoms with Gasteiger partial charge in [-0.2, -0.15) is 0 Å². The van der Waals surface area contributed by atoms with Gasteiger partial charge in [0.15, 0.2) is 5.78 Å². The molecule has 104 valence electrons. The summed E-state index contributed by atoms with van der Waals surface area (Å²) in [6.07, 6.45) is 3.09. The van der Waals surface area contributed by atoms with Crippen LogP contribution in [0.4, 0.5) is 0 Å². The third-order valence-electron chi connectivity index (χ3n) is 4.37. The van der Waals surface area contributed by atoms with Gasteiger partial charge in [-0.15, -0.1) is 0 Å². The summed E-state index contributed by atoms with van der Waals surface area (Å²) in [6.45, 7) is 4.83. The first-order valence-corrected chi connectivity index (χ1v) is 6.89.